The van der Waals surface area contributed by atoms with Crippen LogP contribution in [0.5, 0.6) is 0 Å². The van der Waals surface area contributed by atoms with E-state index in [0.717, 1.165) is 0 Å². The lowest BCUT2D eigenvalue weighted by molar-refractivity contribution is -0.384. The minimum Gasteiger partial charge on any atom is -0.299 e. The van der Waals surface area contributed by atoms with Crippen LogP contribution >= 0.6 is 0 Å². The lowest BCUT2D eigenvalue weighted by Gasteiger charge is -2.13. The highest BCUT2D eigenvalue weighted by Gasteiger charge is 2.34. The maximum Gasteiger partial charge on any atom is 0.270 e. The van der Waals surface area contributed by atoms with E-state index >= 15 is 0 Å². The number of nitro groups is 1. The average molecular weight is 392 g/mol. The number of aryl methyl sites for hydroxylation is 1. The van der Waals surface area contributed by atoms with E-state index in [-0.39, 0.29) is 35.0 Å². The number of amides is 2. The predicted octanol–water partition coefficient (Wildman–Crippen LogP) is 2.38. The molecular weight excluding hydrogens is 376 g/mol. The summed E-state index contributed by atoms with van der Waals surface area (Å²) >= 11 is 0. The molecule has 29 heavy (non-hydrogen) atoms. The molecule has 1 aromatic heterocycles. The molecule has 0 saturated heterocycles. The van der Waals surface area contributed by atoms with Crippen molar-refractivity contribution in [3.8, 4) is 0 Å². The summed E-state index contributed by atoms with van der Waals surface area (Å²) in [6.45, 7) is 0.585. The zero-order valence-electron chi connectivity index (χ0n) is 15.3. The third-order valence-electron chi connectivity index (χ3n) is 4.93. The maximum atomic E-state index is 12.6. The fourth-order valence-corrected chi connectivity index (χ4v) is 3.41. The standard InChI is InChI=1S/C20H16N4O5/c25-18-16-11-13(24(28)29)7-8-17(16)21-12-22(18)9-3-4-10-23-19(26)14-5-1-2-6-15(14)20(23)27/h1-2,5-8,11-12H,3-4,9-10H2. The molecule has 0 atom stereocenters. The molecule has 0 saturated carbocycles. The van der Waals surface area contributed by atoms with Gasteiger partial charge in [0, 0.05) is 25.2 Å². The molecule has 3 aromatic rings. The number of hydrogen-bond donors (Lipinski definition) is 0. The van der Waals surface area contributed by atoms with Gasteiger partial charge in [-0.25, -0.2) is 4.98 Å². The van der Waals surface area contributed by atoms with E-state index < -0.39 is 4.92 Å². The number of unbranched alkanes of at least 4 members (excludes halogenated alkanes) is 1. The molecule has 0 spiro atoms. The first kappa shape index (κ1) is 18.5. The summed E-state index contributed by atoms with van der Waals surface area (Å²) in [4.78, 5) is 53.0. The van der Waals surface area contributed by atoms with Gasteiger partial charge in [0.25, 0.3) is 23.1 Å². The van der Waals surface area contributed by atoms with Crippen molar-refractivity contribution in [1.29, 1.82) is 0 Å². The van der Waals surface area contributed by atoms with Gasteiger partial charge in [0.1, 0.15) is 0 Å². The average Bonchev–Trinajstić information content (AvgIpc) is 2.97. The molecule has 4 rings (SSSR count). The molecule has 2 amide bonds. The molecule has 2 heterocycles. The van der Waals surface area contributed by atoms with E-state index in [9.17, 15) is 24.5 Å². The fourth-order valence-electron chi connectivity index (χ4n) is 3.41. The molecule has 1 aliphatic heterocycles. The van der Waals surface area contributed by atoms with Crippen molar-refractivity contribution in [2.45, 2.75) is 19.4 Å². The van der Waals surface area contributed by atoms with Gasteiger partial charge in [0.05, 0.1) is 33.3 Å². The highest BCUT2D eigenvalue weighted by molar-refractivity contribution is 6.21. The predicted molar refractivity (Wildman–Crippen MR) is 104 cm³/mol. The number of aromatic nitrogens is 2. The molecule has 0 bridgehead atoms. The van der Waals surface area contributed by atoms with Crippen LogP contribution in [0.15, 0.2) is 53.6 Å². The molecule has 0 unspecified atom stereocenters. The second kappa shape index (κ2) is 7.27. The van der Waals surface area contributed by atoms with E-state index in [2.05, 4.69) is 4.98 Å². The van der Waals surface area contributed by atoms with Crippen LogP contribution in [-0.4, -0.2) is 37.7 Å². The number of carbonyl (C=O) groups is 2. The molecule has 0 fully saturated rings. The van der Waals surface area contributed by atoms with Crippen molar-refractivity contribution in [2.75, 3.05) is 6.54 Å². The van der Waals surface area contributed by atoms with Gasteiger partial charge in [0.15, 0.2) is 0 Å². The number of hydrogen-bond acceptors (Lipinski definition) is 6. The van der Waals surface area contributed by atoms with Gasteiger partial charge < -0.3 is 0 Å². The smallest absolute Gasteiger partial charge is 0.270 e. The third-order valence-corrected chi connectivity index (χ3v) is 4.93. The Balaban J connectivity index is 1.43. The van der Waals surface area contributed by atoms with E-state index in [1.165, 1.54) is 34.0 Å². The zero-order chi connectivity index (χ0) is 20.5. The second-order valence-corrected chi connectivity index (χ2v) is 6.72. The Morgan fingerprint density at radius 2 is 1.59 bits per heavy atom. The summed E-state index contributed by atoms with van der Waals surface area (Å²) in [5.74, 6) is -0.607. The number of rotatable bonds is 6. The SMILES string of the molecule is O=C1c2ccccc2C(=O)N1CCCCn1cnc2ccc([N+](=O)[O-])cc2c1=O. The Hall–Kier alpha value is -3.88. The van der Waals surface area contributed by atoms with E-state index in [1.807, 2.05) is 0 Å². The Morgan fingerprint density at radius 3 is 2.24 bits per heavy atom. The Bertz CT molecular complexity index is 1180. The summed E-state index contributed by atoms with van der Waals surface area (Å²) in [7, 11) is 0. The molecule has 0 N–H and O–H groups in total. The van der Waals surface area contributed by atoms with E-state index in [0.29, 0.717) is 36.0 Å². The first-order valence-electron chi connectivity index (χ1n) is 9.06. The molecular formula is C20H16N4O5. The second-order valence-electron chi connectivity index (χ2n) is 6.72. The molecule has 0 radical (unpaired) electrons. The lowest BCUT2D eigenvalue weighted by atomic mass is 10.1. The summed E-state index contributed by atoms with van der Waals surface area (Å²) in [5.41, 5.74) is 0.685. The molecule has 9 heteroatoms. The molecule has 0 aliphatic carbocycles. The van der Waals surface area contributed by atoms with Gasteiger partial charge in [-0.1, -0.05) is 12.1 Å². The number of nitrogens with zero attached hydrogens (tertiary/aromatic N) is 4. The topological polar surface area (TPSA) is 115 Å². The monoisotopic (exact) mass is 392 g/mol. The maximum absolute atomic E-state index is 12.6. The highest BCUT2D eigenvalue weighted by atomic mass is 16.6. The Kier molecular flexibility index (Phi) is 4.63. The van der Waals surface area contributed by atoms with Crippen LogP contribution in [0.2, 0.25) is 0 Å². The van der Waals surface area contributed by atoms with Gasteiger partial charge in [-0.2, -0.15) is 0 Å². The van der Waals surface area contributed by atoms with Crippen LogP contribution in [0.1, 0.15) is 33.6 Å². The quantitative estimate of drug-likeness (QED) is 0.275. The van der Waals surface area contributed by atoms with Crippen molar-refractivity contribution in [2.24, 2.45) is 0 Å². The van der Waals surface area contributed by atoms with Crippen molar-refractivity contribution in [3.63, 3.8) is 0 Å². The molecule has 1 aliphatic rings. The number of imide groups is 1. The number of nitro benzene ring substituents is 1. The van der Waals surface area contributed by atoms with Gasteiger partial charge in [-0.15, -0.1) is 0 Å². The molecule has 2 aromatic carbocycles. The first-order valence-corrected chi connectivity index (χ1v) is 9.06. The highest BCUT2D eigenvalue weighted by Crippen LogP contribution is 2.22. The summed E-state index contributed by atoms with van der Waals surface area (Å²) in [6.07, 6.45) is 2.46. The third kappa shape index (κ3) is 3.27. The lowest BCUT2D eigenvalue weighted by Crippen LogP contribution is -2.31. The van der Waals surface area contributed by atoms with Crippen LogP contribution in [0.25, 0.3) is 10.9 Å². The van der Waals surface area contributed by atoms with Gasteiger partial charge in [-0.05, 0) is 31.0 Å². The van der Waals surface area contributed by atoms with Crippen molar-refractivity contribution < 1.29 is 14.5 Å². The number of carbonyl (C=O) groups excluding carboxylic acids is 2. The van der Waals surface area contributed by atoms with Crippen LogP contribution in [-0.2, 0) is 6.54 Å². The first-order chi connectivity index (χ1) is 14.0. The van der Waals surface area contributed by atoms with Crippen LogP contribution in [0.4, 0.5) is 5.69 Å². The van der Waals surface area contributed by atoms with Crippen molar-refractivity contribution in [1.82, 2.24) is 14.5 Å². The Morgan fingerprint density at radius 1 is 0.931 bits per heavy atom. The number of benzene rings is 2. The zero-order valence-corrected chi connectivity index (χ0v) is 15.3. The minimum atomic E-state index is -0.557. The van der Waals surface area contributed by atoms with Gasteiger partial charge >= 0.3 is 0 Å². The fraction of sp³-hybridized carbons (Fsp3) is 0.200. The van der Waals surface area contributed by atoms with Crippen LogP contribution in [0.3, 0.4) is 0 Å². The van der Waals surface area contributed by atoms with E-state index in [1.54, 1.807) is 24.3 Å². The summed E-state index contributed by atoms with van der Waals surface area (Å²) in [5, 5.41) is 11.1. The normalized spacial score (nSPS) is 13.2. The van der Waals surface area contributed by atoms with Crippen LogP contribution < -0.4 is 5.56 Å². The summed E-state index contributed by atoms with van der Waals surface area (Å²) in [6, 6.07) is 10.7. The van der Waals surface area contributed by atoms with Gasteiger partial charge in [0.2, 0.25) is 0 Å². The minimum absolute atomic E-state index is 0.167. The molecule has 146 valence electrons. The molecule has 9 nitrogen and oxygen atoms in total. The summed E-state index contributed by atoms with van der Waals surface area (Å²) < 4.78 is 1.38. The largest absolute Gasteiger partial charge is 0.299 e. The number of fused-ring (bicyclic) bond motifs is 2. The van der Waals surface area contributed by atoms with Gasteiger partial charge in [-0.3, -0.25) is 34.0 Å². The van der Waals surface area contributed by atoms with Crippen LogP contribution in [0, 0.1) is 10.1 Å². The van der Waals surface area contributed by atoms with Crippen molar-refractivity contribution >= 4 is 28.4 Å². The number of non-ortho nitro benzene ring substituents is 1. The Labute approximate surface area is 164 Å². The van der Waals surface area contributed by atoms with E-state index in [4.69, 9.17) is 0 Å². The van der Waals surface area contributed by atoms with Crippen molar-refractivity contribution in [3.05, 3.63) is 80.4 Å².